The van der Waals surface area contributed by atoms with Crippen LogP contribution in [0.15, 0.2) is 24.3 Å². The first kappa shape index (κ1) is 16.4. The van der Waals surface area contributed by atoms with E-state index in [1.54, 1.807) is 16.7 Å². The number of hydrogen-bond acceptors (Lipinski definition) is 3. The van der Waals surface area contributed by atoms with Gasteiger partial charge in [-0.05, 0) is 24.3 Å². The molecule has 0 radical (unpaired) electrons. The van der Waals surface area contributed by atoms with Gasteiger partial charge in [0, 0.05) is 37.4 Å². The summed E-state index contributed by atoms with van der Waals surface area (Å²) < 4.78 is 43.3. The molecule has 0 aromatic heterocycles. The van der Waals surface area contributed by atoms with Gasteiger partial charge in [0.25, 0.3) is 0 Å². The molecule has 2 fully saturated rings. The van der Waals surface area contributed by atoms with Crippen molar-refractivity contribution in [3.8, 4) is 0 Å². The zero-order valence-electron chi connectivity index (χ0n) is 12.4. The van der Waals surface area contributed by atoms with Gasteiger partial charge in [-0.15, -0.1) is 11.8 Å². The minimum Gasteiger partial charge on any atom is -0.363 e. The lowest BCUT2D eigenvalue weighted by molar-refractivity contribution is -0.137. The van der Waals surface area contributed by atoms with Crippen molar-refractivity contribution in [2.24, 2.45) is 0 Å². The number of carbonyl (C=O) groups is 1. The maximum absolute atomic E-state index is 12.5. The number of ether oxygens (including phenoxy) is 1. The molecule has 0 aliphatic carbocycles. The molecule has 2 amide bonds. The van der Waals surface area contributed by atoms with Crippen molar-refractivity contribution in [2.75, 3.05) is 30.8 Å². The summed E-state index contributed by atoms with van der Waals surface area (Å²) >= 11 is 1.80. The van der Waals surface area contributed by atoms with Gasteiger partial charge in [0.1, 0.15) is 4.93 Å². The van der Waals surface area contributed by atoms with E-state index in [0.29, 0.717) is 18.8 Å². The highest BCUT2D eigenvalue weighted by atomic mass is 32.2. The van der Waals surface area contributed by atoms with Crippen LogP contribution in [0.3, 0.4) is 0 Å². The average Bonchev–Trinajstić information content (AvgIpc) is 2.96. The summed E-state index contributed by atoms with van der Waals surface area (Å²) in [7, 11) is 0. The Labute approximate surface area is 136 Å². The molecule has 0 bridgehead atoms. The molecular formula is C15H17F3N2O2S. The van der Waals surface area contributed by atoms with Crippen LogP contribution in [0.1, 0.15) is 18.4 Å². The summed E-state index contributed by atoms with van der Waals surface area (Å²) in [5.41, 5.74) is -0.374. The van der Waals surface area contributed by atoms with Crippen molar-refractivity contribution in [2.45, 2.75) is 24.0 Å². The summed E-state index contributed by atoms with van der Waals surface area (Å²) in [5.74, 6) is 0.984. The number of hydrogen-bond donors (Lipinski definition) is 1. The molecule has 1 N–H and O–H groups in total. The monoisotopic (exact) mass is 346 g/mol. The van der Waals surface area contributed by atoms with Crippen LogP contribution < -0.4 is 5.32 Å². The second kappa shape index (κ2) is 6.24. The molecule has 4 nitrogen and oxygen atoms in total. The Morgan fingerprint density at radius 2 is 1.87 bits per heavy atom. The SMILES string of the molecule is O=C(Nc1ccc(C(F)(F)F)cc1)N1CCC2(CC1)OCCS2. The second-order valence-corrected chi connectivity index (χ2v) is 7.04. The first-order valence-corrected chi connectivity index (χ1v) is 8.38. The van der Waals surface area contributed by atoms with Crippen molar-refractivity contribution >= 4 is 23.5 Å². The highest BCUT2D eigenvalue weighted by molar-refractivity contribution is 8.00. The van der Waals surface area contributed by atoms with Gasteiger partial charge in [-0.1, -0.05) is 0 Å². The smallest absolute Gasteiger partial charge is 0.363 e. The molecular weight excluding hydrogens is 329 g/mol. The third-order valence-electron chi connectivity index (χ3n) is 4.09. The van der Waals surface area contributed by atoms with E-state index in [4.69, 9.17) is 4.74 Å². The average molecular weight is 346 g/mol. The molecule has 126 valence electrons. The number of anilines is 1. The fourth-order valence-corrected chi connectivity index (χ4v) is 3.96. The van der Waals surface area contributed by atoms with E-state index >= 15 is 0 Å². The molecule has 2 aliphatic rings. The topological polar surface area (TPSA) is 41.6 Å². The van der Waals surface area contributed by atoms with Crippen LogP contribution in [0, 0.1) is 0 Å². The number of piperidine rings is 1. The van der Waals surface area contributed by atoms with Crippen LogP contribution in [0.5, 0.6) is 0 Å². The Morgan fingerprint density at radius 1 is 1.22 bits per heavy atom. The molecule has 0 unspecified atom stereocenters. The zero-order valence-corrected chi connectivity index (χ0v) is 13.2. The van der Waals surface area contributed by atoms with Gasteiger partial charge in [0.2, 0.25) is 0 Å². The maximum Gasteiger partial charge on any atom is 0.416 e. The van der Waals surface area contributed by atoms with Gasteiger partial charge in [-0.2, -0.15) is 13.2 Å². The van der Waals surface area contributed by atoms with Crippen LogP contribution in [-0.4, -0.2) is 41.3 Å². The maximum atomic E-state index is 12.5. The van der Waals surface area contributed by atoms with Crippen LogP contribution in [0.2, 0.25) is 0 Å². The van der Waals surface area contributed by atoms with Gasteiger partial charge in [0.05, 0.1) is 12.2 Å². The van der Waals surface area contributed by atoms with Crippen molar-refractivity contribution in [1.29, 1.82) is 0 Å². The molecule has 0 atom stereocenters. The molecule has 2 heterocycles. The molecule has 23 heavy (non-hydrogen) atoms. The fraction of sp³-hybridized carbons (Fsp3) is 0.533. The highest BCUT2D eigenvalue weighted by Crippen LogP contribution is 2.41. The van der Waals surface area contributed by atoms with Crippen LogP contribution in [0.4, 0.5) is 23.7 Å². The Hall–Kier alpha value is -1.41. The normalized spacial score (nSPS) is 20.7. The summed E-state index contributed by atoms with van der Waals surface area (Å²) in [6.45, 7) is 1.92. The lowest BCUT2D eigenvalue weighted by atomic mass is 10.1. The number of nitrogens with one attached hydrogen (secondary N) is 1. The van der Waals surface area contributed by atoms with Crippen molar-refractivity contribution < 1.29 is 22.7 Å². The Morgan fingerprint density at radius 3 is 2.39 bits per heavy atom. The molecule has 1 aromatic carbocycles. The van der Waals surface area contributed by atoms with Crippen molar-refractivity contribution in [3.63, 3.8) is 0 Å². The molecule has 2 aliphatic heterocycles. The minimum absolute atomic E-state index is 0.148. The lowest BCUT2D eigenvalue weighted by Crippen LogP contribution is -2.46. The molecule has 0 saturated carbocycles. The first-order chi connectivity index (χ1) is 10.9. The number of urea groups is 1. The first-order valence-electron chi connectivity index (χ1n) is 7.39. The lowest BCUT2D eigenvalue weighted by Gasteiger charge is -2.37. The van der Waals surface area contributed by atoms with Gasteiger partial charge in [-0.3, -0.25) is 0 Å². The standard InChI is InChI=1S/C15H17F3N2O2S/c16-15(17,18)11-1-3-12(4-2-11)19-13(21)20-7-5-14(6-8-20)22-9-10-23-14/h1-4H,5-10H2,(H,19,21). The summed E-state index contributed by atoms with van der Waals surface area (Å²) in [6.07, 6.45) is -2.82. The van der Waals surface area contributed by atoms with Crippen molar-refractivity contribution in [3.05, 3.63) is 29.8 Å². The Balaban J connectivity index is 1.55. The number of amides is 2. The molecule has 1 aromatic rings. The van der Waals surface area contributed by atoms with Gasteiger partial charge >= 0.3 is 12.2 Å². The number of benzene rings is 1. The summed E-state index contributed by atoms with van der Waals surface area (Å²) in [6, 6.07) is 4.17. The molecule has 8 heteroatoms. The second-order valence-electron chi connectivity index (χ2n) is 5.60. The summed E-state index contributed by atoms with van der Waals surface area (Å²) in [4.78, 5) is 13.7. The van der Waals surface area contributed by atoms with E-state index in [-0.39, 0.29) is 11.0 Å². The van der Waals surface area contributed by atoms with Crippen LogP contribution in [0.25, 0.3) is 0 Å². The summed E-state index contributed by atoms with van der Waals surface area (Å²) in [5, 5.41) is 2.64. The van der Waals surface area contributed by atoms with Gasteiger partial charge in [-0.25, -0.2) is 4.79 Å². The van der Waals surface area contributed by atoms with E-state index in [9.17, 15) is 18.0 Å². The number of nitrogens with zero attached hydrogens (tertiary/aromatic N) is 1. The number of rotatable bonds is 1. The number of thioether (sulfide) groups is 1. The van der Waals surface area contributed by atoms with E-state index in [1.807, 2.05) is 0 Å². The van der Waals surface area contributed by atoms with Gasteiger partial charge < -0.3 is 15.0 Å². The Kier molecular flexibility index (Phi) is 4.46. The van der Waals surface area contributed by atoms with Crippen LogP contribution >= 0.6 is 11.8 Å². The number of likely N-dealkylation sites (tertiary alicyclic amines) is 1. The van der Waals surface area contributed by atoms with E-state index < -0.39 is 11.7 Å². The third-order valence-corrected chi connectivity index (χ3v) is 5.51. The minimum atomic E-state index is -4.37. The number of alkyl halides is 3. The molecule has 1 spiro atoms. The largest absolute Gasteiger partial charge is 0.416 e. The van der Waals surface area contributed by atoms with Crippen LogP contribution in [-0.2, 0) is 10.9 Å². The molecule has 3 rings (SSSR count). The highest BCUT2D eigenvalue weighted by Gasteiger charge is 2.40. The van der Waals surface area contributed by atoms with E-state index in [0.717, 1.165) is 37.3 Å². The van der Waals surface area contributed by atoms with Crippen molar-refractivity contribution in [1.82, 2.24) is 4.90 Å². The number of carbonyl (C=O) groups excluding carboxylic acids is 1. The number of halogens is 3. The zero-order chi connectivity index (χ0) is 16.5. The quantitative estimate of drug-likeness (QED) is 0.841. The van der Waals surface area contributed by atoms with Gasteiger partial charge in [0.15, 0.2) is 0 Å². The molecule has 2 saturated heterocycles. The third kappa shape index (κ3) is 3.74. The van der Waals surface area contributed by atoms with E-state index in [1.165, 1.54) is 12.1 Å². The van der Waals surface area contributed by atoms with E-state index in [2.05, 4.69) is 5.32 Å². The predicted octanol–water partition coefficient (Wildman–Crippen LogP) is 3.79. The fourth-order valence-electron chi connectivity index (χ4n) is 2.78. The predicted molar refractivity (Wildman–Crippen MR) is 82.4 cm³/mol. The Bertz CT molecular complexity index is 561.